The van der Waals surface area contributed by atoms with E-state index in [2.05, 4.69) is 10.00 Å². The van der Waals surface area contributed by atoms with Crippen LogP contribution in [0.5, 0.6) is 0 Å². The van der Waals surface area contributed by atoms with Gasteiger partial charge in [-0.25, -0.2) is 4.79 Å². The number of ether oxygens (including phenoxy) is 1. The summed E-state index contributed by atoms with van der Waals surface area (Å²) in [6.07, 6.45) is 3.08. The van der Waals surface area contributed by atoms with Crippen LogP contribution in [0.25, 0.3) is 0 Å². The summed E-state index contributed by atoms with van der Waals surface area (Å²) in [5.74, 6) is -0.590. The van der Waals surface area contributed by atoms with Gasteiger partial charge in [0.25, 0.3) is 0 Å². The maximum absolute atomic E-state index is 11.9. The van der Waals surface area contributed by atoms with E-state index in [1.54, 1.807) is 17.8 Å². The van der Waals surface area contributed by atoms with Crippen LogP contribution in [-0.4, -0.2) is 46.3 Å². The van der Waals surface area contributed by atoms with Crippen LogP contribution >= 0.6 is 0 Å². The number of nitrogens with two attached hydrogens (primary N) is 1. The van der Waals surface area contributed by atoms with Crippen LogP contribution in [0.4, 0.5) is 0 Å². The van der Waals surface area contributed by atoms with Crippen molar-refractivity contribution in [1.82, 2.24) is 14.7 Å². The second-order valence-corrected chi connectivity index (χ2v) is 5.30. The van der Waals surface area contributed by atoms with E-state index in [1.807, 2.05) is 7.05 Å². The molecule has 0 aliphatic carbocycles. The van der Waals surface area contributed by atoms with Crippen LogP contribution < -0.4 is 5.73 Å². The van der Waals surface area contributed by atoms with Gasteiger partial charge >= 0.3 is 5.97 Å². The molecule has 7 nitrogen and oxygen atoms in total. The van der Waals surface area contributed by atoms with Crippen molar-refractivity contribution in [2.75, 3.05) is 19.7 Å². The van der Waals surface area contributed by atoms with E-state index in [0.717, 1.165) is 31.6 Å². The van der Waals surface area contributed by atoms with Gasteiger partial charge in [0.05, 0.1) is 18.5 Å². The van der Waals surface area contributed by atoms with E-state index in [4.69, 9.17) is 10.5 Å². The Morgan fingerprint density at radius 3 is 2.67 bits per heavy atom. The zero-order valence-electron chi connectivity index (χ0n) is 12.5. The molecule has 1 amide bonds. The molecule has 0 atom stereocenters. The lowest BCUT2D eigenvalue weighted by Gasteiger charge is -2.30. The van der Waals surface area contributed by atoms with Crippen molar-refractivity contribution in [3.05, 3.63) is 17.5 Å². The highest BCUT2D eigenvalue weighted by Gasteiger charge is 2.25. The van der Waals surface area contributed by atoms with Crippen molar-refractivity contribution < 1.29 is 14.3 Å². The number of likely N-dealkylation sites (tertiary alicyclic amines) is 1. The molecule has 0 radical (unpaired) electrons. The molecular weight excluding hydrogens is 272 g/mol. The monoisotopic (exact) mass is 294 g/mol. The Morgan fingerprint density at radius 2 is 2.10 bits per heavy atom. The molecule has 2 rings (SSSR count). The van der Waals surface area contributed by atoms with Crippen molar-refractivity contribution >= 4 is 11.9 Å². The van der Waals surface area contributed by atoms with Gasteiger partial charge in [-0.1, -0.05) is 0 Å². The Hall–Kier alpha value is -1.89. The van der Waals surface area contributed by atoms with Crippen molar-refractivity contribution in [1.29, 1.82) is 0 Å². The van der Waals surface area contributed by atoms with Gasteiger partial charge in [0.1, 0.15) is 5.56 Å². The number of aromatic nitrogens is 2. The SMILES string of the molecule is CCOC(=O)c1cnn(C)c1CN1CCC(C(N)=O)CC1. The lowest BCUT2D eigenvalue weighted by Crippen LogP contribution is -2.38. The largest absolute Gasteiger partial charge is 0.462 e. The first-order valence-corrected chi connectivity index (χ1v) is 7.22. The third-order valence-corrected chi connectivity index (χ3v) is 3.92. The zero-order valence-corrected chi connectivity index (χ0v) is 12.5. The smallest absolute Gasteiger partial charge is 0.341 e. The zero-order chi connectivity index (χ0) is 15.4. The number of amides is 1. The average molecular weight is 294 g/mol. The van der Waals surface area contributed by atoms with Crippen LogP contribution in [0.3, 0.4) is 0 Å². The maximum atomic E-state index is 11.9. The van der Waals surface area contributed by atoms with E-state index >= 15 is 0 Å². The fraction of sp³-hybridized carbons (Fsp3) is 0.643. The summed E-state index contributed by atoms with van der Waals surface area (Å²) in [5, 5.41) is 4.14. The Bertz CT molecular complexity index is 518. The highest BCUT2D eigenvalue weighted by atomic mass is 16.5. The first-order chi connectivity index (χ1) is 10.0. The number of piperidine rings is 1. The van der Waals surface area contributed by atoms with Gasteiger partial charge in [-0.3, -0.25) is 14.4 Å². The number of aryl methyl sites for hydroxylation is 1. The molecule has 0 unspecified atom stereocenters. The molecule has 1 fully saturated rings. The number of carbonyl (C=O) groups excluding carboxylic acids is 2. The van der Waals surface area contributed by atoms with E-state index < -0.39 is 0 Å². The van der Waals surface area contributed by atoms with Crippen molar-refractivity contribution in [2.24, 2.45) is 18.7 Å². The van der Waals surface area contributed by atoms with Crippen LogP contribution in [0.1, 0.15) is 35.8 Å². The quantitative estimate of drug-likeness (QED) is 0.788. The number of nitrogens with zero attached hydrogens (tertiary/aromatic N) is 3. The van der Waals surface area contributed by atoms with Crippen LogP contribution in [0.15, 0.2) is 6.20 Å². The molecule has 1 aliphatic rings. The van der Waals surface area contributed by atoms with E-state index in [1.165, 1.54) is 0 Å². The molecule has 0 saturated carbocycles. The van der Waals surface area contributed by atoms with Gasteiger partial charge < -0.3 is 10.5 Å². The Kier molecular flexibility index (Phi) is 4.95. The Morgan fingerprint density at radius 1 is 1.43 bits per heavy atom. The lowest BCUT2D eigenvalue weighted by atomic mass is 9.96. The second kappa shape index (κ2) is 6.71. The fourth-order valence-corrected chi connectivity index (χ4v) is 2.62. The summed E-state index contributed by atoms with van der Waals surface area (Å²) in [5.41, 5.74) is 6.69. The Labute approximate surface area is 124 Å². The normalized spacial score (nSPS) is 16.9. The van der Waals surface area contributed by atoms with Gasteiger partial charge in [0, 0.05) is 19.5 Å². The molecule has 7 heteroatoms. The van der Waals surface area contributed by atoms with Crippen LogP contribution in [-0.2, 0) is 23.1 Å². The van der Waals surface area contributed by atoms with Gasteiger partial charge in [-0.2, -0.15) is 5.10 Å². The summed E-state index contributed by atoms with van der Waals surface area (Å²) in [7, 11) is 1.81. The molecular formula is C14H22N4O3. The fourth-order valence-electron chi connectivity index (χ4n) is 2.62. The van der Waals surface area contributed by atoms with Crippen molar-refractivity contribution in [3.63, 3.8) is 0 Å². The van der Waals surface area contributed by atoms with E-state index in [0.29, 0.717) is 18.7 Å². The molecule has 1 saturated heterocycles. The number of hydrogen-bond donors (Lipinski definition) is 1. The number of hydrogen-bond acceptors (Lipinski definition) is 5. The minimum atomic E-state index is -0.340. The first-order valence-electron chi connectivity index (χ1n) is 7.22. The summed E-state index contributed by atoms with van der Waals surface area (Å²) in [6, 6.07) is 0. The van der Waals surface area contributed by atoms with Crippen molar-refractivity contribution in [2.45, 2.75) is 26.3 Å². The summed E-state index contributed by atoms with van der Waals surface area (Å²) in [6.45, 7) is 4.33. The van der Waals surface area contributed by atoms with Crippen LogP contribution in [0.2, 0.25) is 0 Å². The van der Waals surface area contributed by atoms with E-state index in [-0.39, 0.29) is 17.8 Å². The van der Waals surface area contributed by atoms with Gasteiger partial charge in [0.2, 0.25) is 5.91 Å². The predicted molar refractivity (Wildman–Crippen MR) is 76.4 cm³/mol. The highest BCUT2D eigenvalue weighted by Crippen LogP contribution is 2.20. The highest BCUT2D eigenvalue weighted by molar-refractivity contribution is 5.90. The number of esters is 1. The van der Waals surface area contributed by atoms with Gasteiger partial charge in [-0.15, -0.1) is 0 Å². The molecule has 2 N–H and O–H groups in total. The average Bonchev–Trinajstić information content (AvgIpc) is 2.81. The minimum absolute atomic E-state index is 0.0303. The molecule has 116 valence electrons. The molecule has 0 bridgehead atoms. The van der Waals surface area contributed by atoms with Crippen LogP contribution in [0, 0.1) is 5.92 Å². The second-order valence-electron chi connectivity index (χ2n) is 5.30. The number of carbonyl (C=O) groups is 2. The van der Waals surface area contributed by atoms with Gasteiger partial charge in [-0.05, 0) is 32.9 Å². The number of primary amides is 1. The molecule has 2 heterocycles. The Balaban J connectivity index is 2.02. The topological polar surface area (TPSA) is 90.4 Å². The van der Waals surface area contributed by atoms with Gasteiger partial charge in [0.15, 0.2) is 0 Å². The molecule has 1 aromatic rings. The third-order valence-electron chi connectivity index (χ3n) is 3.92. The maximum Gasteiger partial charge on any atom is 0.341 e. The standard InChI is InChI=1S/C14H22N4O3/c1-3-21-14(20)11-8-16-17(2)12(11)9-18-6-4-10(5-7-18)13(15)19/h8,10H,3-7,9H2,1-2H3,(H2,15,19). The van der Waals surface area contributed by atoms with E-state index in [9.17, 15) is 9.59 Å². The number of rotatable bonds is 5. The minimum Gasteiger partial charge on any atom is -0.462 e. The third kappa shape index (κ3) is 3.60. The molecule has 0 spiro atoms. The summed E-state index contributed by atoms with van der Waals surface area (Å²) >= 11 is 0. The molecule has 0 aromatic carbocycles. The first kappa shape index (κ1) is 15.5. The molecule has 1 aliphatic heterocycles. The lowest BCUT2D eigenvalue weighted by molar-refractivity contribution is -0.123. The van der Waals surface area contributed by atoms with Crippen molar-refractivity contribution in [3.8, 4) is 0 Å². The molecule has 1 aromatic heterocycles. The predicted octanol–water partition coefficient (Wildman–Crippen LogP) is 0.294. The summed E-state index contributed by atoms with van der Waals surface area (Å²) in [4.78, 5) is 25.3. The molecule has 21 heavy (non-hydrogen) atoms. The summed E-state index contributed by atoms with van der Waals surface area (Å²) < 4.78 is 6.75.